The molecular weight excluding hydrogens is 290 g/mol. The van der Waals surface area contributed by atoms with Crippen LogP contribution in [0, 0.1) is 0 Å². The van der Waals surface area contributed by atoms with E-state index in [9.17, 15) is 4.79 Å². The molecule has 0 aromatic heterocycles. The number of thioether (sulfide) groups is 1. The molecule has 20 heavy (non-hydrogen) atoms. The van der Waals surface area contributed by atoms with Gasteiger partial charge in [-0.1, -0.05) is 31.6 Å². The first-order valence-electron chi connectivity index (χ1n) is 6.51. The third kappa shape index (κ3) is 4.38. The first kappa shape index (κ1) is 16.8. The van der Waals surface area contributed by atoms with Crippen LogP contribution in [0.1, 0.15) is 25.3 Å². The number of carbonyl (C=O) groups excluding carboxylic acids is 1. The molecule has 0 unspecified atom stereocenters. The summed E-state index contributed by atoms with van der Waals surface area (Å²) in [6.07, 6.45) is 4.00. The van der Waals surface area contributed by atoms with Gasteiger partial charge in [0.1, 0.15) is 4.99 Å². The highest BCUT2D eigenvalue weighted by Crippen LogP contribution is 2.29. The van der Waals surface area contributed by atoms with Crippen molar-refractivity contribution in [2.24, 2.45) is 11.5 Å². The summed E-state index contributed by atoms with van der Waals surface area (Å²) in [5, 5.41) is 0. The Labute approximate surface area is 129 Å². The maximum Gasteiger partial charge on any atom is 0.236 e. The fourth-order valence-corrected chi connectivity index (χ4v) is 2.94. The van der Waals surface area contributed by atoms with E-state index < -0.39 is 0 Å². The van der Waals surface area contributed by atoms with E-state index in [0.29, 0.717) is 4.99 Å². The number of nitrogens with two attached hydrogens (primary N) is 2. The Morgan fingerprint density at radius 1 is 1.40 bits per heavy atom. The monoisotopic (exact) mass is 311 g/mol. The molecule has 0 fully saturated rings. The quantitative estimate of drug-likeness (QED) is 0.568. The van der Waals surface area contributed by atoms with Gasteiger partial charge in [-0.3, -0.25) is 4.79 Å². The van der Waals surface area contributed by atoms with E-state index in [2.05, 4.69) is 6.92 Å². The SMILES string of the molecule is CCCCN(CC(N)=O)c1cccc(SC)c1C(N)=S. The standard InChI is InChI=1S/C14H21N3OS2/c1-3-4-8-17(9-12(15)18)10-6-5-7-11(20-2)13(10)14(16)19/h5-7H,3-4,8-9H2,1-2H3,(H2,15,18)(H2,16,19). The molecule has 0 aliphatic heterocycles. The second-order valence-corrected chi connectivity index (χ2v) is 5.75. The molecule has 0 aliphatic rings. The molecule has 4 nitrogen and oxygen atoms in total. The van der Waals surface area contributed by atoms with E-state index in [1.165, 1.54) is 0 Å². The number of anilines is 1. The van der Waals surface area contributed by atoms with Crippen LogP contribution in [0.4, 0.5) is 5.69 Å². The summed E-state index contributed by atoms with van der Waals surface area (Å²) in [4.78, 5) is 14.6. The maximum atomic E-state index is 11.3. The molecule has 1 rings (SSSR count). The molecule has 0 heterocycles. The first-order chi connectivity index (χ1) is 9.51. The first-order valence-corrected chi connectivity index (χ1v) is 8.14. The maximum absolute atomic E-state index is 11.3. The van der Waals surface area contributed by atoms with Crippen LogP contribution in [-0.4, -0.2) is 30.2 Å². The Morgan fingerprint density at radius 2 is 2.10 bits per heavy atom. The van der Waals surface area contributed by atoms with Crippen LogP contribution in [-0.2, 0) is 4.79 Å². The number of amides is 1. The Balaban J connectivity index is 3.23. The molecular formula is C14H21N3OS2. The van der Waals surface area contributed by atoms with Gasteiger partial charge < -0.3 is 16.4 Å². The van der Waals surface area contributed by atoms with Crippen molar-refractivity contribution >= 4 is 40.6 Å². The van der Waals surface area contributed by atoms with Crippen molar-refractivity contribution in [3.8, 4) is 0 Å². The zero-order valence-corrected chi connectivity index (χ0v) is 13.5. The summed E-state index contributed by atoms with van der Waals surface area (Å²) < 4.78 is 0. The molecule has 0 aliphatic carbocycles. The van der Waals surface area contributed by atoms with E-state index in [-0.39, 0.29) is 12.5 Å². The lowest BCUT2D eigenvalue weighted by molar-refractivity contribution is -0.116. The average Bonchev–Trinajstić information content (AvgIpc) is 2.41. The van der Waals surface area contributed by atoms with Crippen LogP contribution in [0.5, 0.6) is 0 Å². The van der Waals surface area contributed by atoms with Crippen LogP contribution in [0.15, 0.2) is 23.1 Å². The highest BCUT2D eigenvalue weighted by Gasteiger charge is 2.17. The van der Waals surface area contributed by atoms with Gasteiger partial charge in [-0.2, -0.15) is 0 Å². The number of hydrogen-bond acceptors (Lipinski definition) is 4. The van der Waals surface area contributed by atoms with Gasteiger partial charge in [-0.25, -0.2) is 0 Å². The normalized spacial score (nSPS) is 10.3. The highest BCUT2D eigenvalue weighted by molar-refractivity contribution is 7.98. The van der Waals surface area contributed by atoms with Gasteiger partial charge in [-0.15, -0.1) is 11.8 Å². The Hall–Kier alpha value is -1.27. The van der Waals surface area contributed by atoms with Gasteiger partial charge >= 0.3 is 0 Å². The topological polar surface area (TPSA) is 72.3 Å². The summed E-state index contributed by atoms with van der Waals surface area (Å²) >= 11 is 6.76. The molecule has 0 radical (unpaired) electrons. The van der Waals surface area contributed by atoms with Crippen molar-refractivity contribution in [1.29, 1.82) is 0 Å². The minimum Gasteiger partial charge on any atom is -0.389 e. The minimum absolute atomic E-state index is 0.174. The number of hydrogen-bond donors (Lipinski definition) is 2. The number of carbonyl (C=O) groups is 1. The van der Waals surface area contributed by atoms with E-state index in [1.54, 1.807) is 11.8 Å². The minimum atomic E-state index is -0.357. The predicted octanol–water partition coefficient (Wildman–Crippen LogP) is 2.13. The summed E-state index contributed by atoms with van der Waals surface area (Å²) in [6.45, 7) is 3.04. The fourth-order valence-electron chi connectivity index (χ4n) is 2.02. The summed E-state index contributed by atoms with van der Waals surface area (Å²) in [6, 6.07) is 5.86. The van der Waals surface area contributed by atoms with Crippen LogP contribution in [0.3, 0.4) is 0 Å². The number of nitrogens with zero attached hydrogens (tertiary/aromatic N) is 1. The number of thiocarbonyl (C=S) groups is 1. The van der Waals surface area contributed by atoms with Crippen molar-refractivity contribution in [1.82, 2.24) is 0 Å². The van der Waals surface area contributed by atoms with Gasteiger partial charge in [0, 0.05) is 22.7 Å². The van der Waals surface area contributed by atoms with Crippen molar-refractivity contribution < 1.29 is 4.79 Å². The second-order valence-electron chi connectivity index (χ2n) is 4.46. The van der Waals surface area contributed by atoms with Gasteiger partial charge in [0.05, 0.1) is 6.54 Å². The molecule has 4 N–H and O–H groups in total. The van der Waals surface area contributed by atoms with E-state index in [0.717, 1.165) is 35.5 Å². The average molecular weight is 311 g/mol. The number of benzene rings is 1. The second kappa shape index (κ2) is 8.11. The van der Waals surface area contributed by atoms with E-state index in [4.69, 9.17) is 23.7 Å². The Kier molecular flexibility index (Phi) is 6.81. The molecule has 1 aromatic carbocycles. The smallest absolute Gasteiger partial charge is 0.236 e. The highest BCUT2D eigenvalue weighted by atomic mass is 32.2. The lowest BCUT2D eigenvalue weighted by atomic mass is 10.1. The largest absolute Gasteiger partial charge is 0.389 e. The molecule has 1 aromatic rings. The Bertz CT molecular complexity index is 491. The number of primary amides is 1. The Morgan fingerprint density at radius 3 is 2.60 bits per heavy atom. The number of unbranched alkanes of at least 4 members (excludes halogenated alkanes) is 1. The molecule has 6 heteroatoms. The van der Waals surface area contributed by atoms with Crippen LogP contribution >= 0.6 is 24.0 Å². The molecule has 0 bridgehead atoms. The molecule has 0 saturated heterocycles. The molecule has 110 valence electrons. The number of rotatable bonds is 8. The van der Waals surface area contributed by atoms with E-state index >= 15 is 0 Å². The molecule has 1 amide bonds. The van der Waals surface area contributed by atoms with Crippen LogP contribution < -0.4 is 16.4 Å². The lowest BCUT2D eigenvalue weighted by Gasteiger charge is -2.26. The fraction of sp³-hybridized carbons (Fsp3) is 0.429. The van der Waals surface area contributed by atoms with Crippen LogP contribution in [0.2, 0.25) is 0 Å². The third-order valence-corrected chi connectivity index (χ3v) is 3.92. The molecule has 0 spiro atoms. The summed E-state index contributed by atoms with van der Waals surface area (Å²) in [5.74, 6) is -0.357. The zero-order chi connectivity index (χ0) is 15.1. The van der Waals surface area contributed by atoms with Crippen LogP contribution in [0.25, 0.3) is 0 Å². The molecule has 0 saturated carbocycles. The van der Waals surface area contributed by atoms with Crippen molar-refractivity contribution in [3.63, 3.8) is 0 Å². The van der Waals surface area contributed by atoms with Crippen molar-refractivity contribution in [2.75, 3.05) is 24.2 Å². The third-order valence-electron chi connectivity index (χ3n) is 2.94. The van der Waals surface area contributed by atoms with Gasteiger partial charge in [0.15, 0.2) is 0 Å². The zero-order valence-electron chi connectivity index (χ0n) is 11.9. The van der Waals surface area contributed by atoms with Gasteiger partial charge in [-0.05, 0) is 24.8 Å². The summed E-state index contributed by atoms with van der Waals surface area (Å²) in [5.41, 5.74) is 12.9. The van der Waals surface area contributed by atoms with Gasteiger partial charge in [0.25, 0.3) is 0 Å². The molecule has 0 atom stereocenters. The van der Waals surface area contributed by atoms with Gasteiger partial charge in [0.2, 0.25) is 5.91 Å². The van der Waals surface area contributed by atoms with E-state index in [1.807, 2.05) is 29.4 Å². The lowest BCUT2D eigenvalue weighted by Crippen LogP contribution is -2.36. The predicted molar refractivity (Wildman–Crippen MR) is 90.4 cm³/mol. The van der Waals surface area contributed by atoms with Crippen molar-refractivity contribution in [2.45, 2.75) is 24.7 Å². The summed E-state index contributed by atoms with van der Waals surface area (Å²) in [7, 11) is 0. The van der Waals surface area contributed by atoms with Crippen molar-refractivity contribution in [3.05, 3.63) is 23.8 Å².